The fourth-order valence-corrected chi connectivity index (χ4v) is 11.7. The summed E-state index contributed by atoms with van der Waals surface area (Å²) >= 11 is 0. The second-order valence-electron chi connectivity index (χ2n) is 21.5. The SMILES string of the molecule is FC(F)(F)c1cc(-c2ccc3c(c2)c2ccccc2n3-c2ccc(-c3ccccn3)c(-c3cc(-c4nc(-c5ccccc5)nc(-c5ccccc5)n4)ccc3-n3c4ccccc4c4cc(-c5cc(C(F)(F)F)cc(C(F)(F)F)c5)ccc43)c2)cc(C(F)(F)F)c1. The maximum absolute atomic E-state index is 14.3. The summed E-state index contributed by atoms with van der Waals surface area (Å²) in [5.41, 5.74) is 1.55. The van der Waals surface area contributed by atoms with Gasteiger partial charge in [0.1, 0.15) is 0 Å². The lowest BCUT2D eigenvalue weighted by Gasteiger charge is -2.20. The van der Waals surface area contributed by atoms with E-state index in [0.29, 0.717) is 136 Å². The van der Waals surface area contributed by atoms with Gasteiger partial charge in [-0.05, 0) is 143 Å². The van der Waals surface area contributed by atoms with E-state index in [2.05, 4.69) is 0 Å². The average molecular weight is 1220 g/mol. The van der Waals surface area contributed by atoms with Crippen LogP contribution in [0.2, 0.25) is 0 Å². The van der Waals surface area contributed by atoms with Crippen LogP contribution >= 0.6 is 0 Å². The van der Waals surface area contributed by atoms with Gasteiger partial charge in [-0.3, -0.25) is 4.98 Å². The fraction of sp³-hybridized carbons (Fsp3) is 0.0556. The van der Waals surface area contributed by atoms with Gasteiger partial charge in [-0.25, -0.2) is 15.0 Å². The Hall–Kier alpha value is -10.9. The molecule has 10 aromatic carbocycles. The third kappa shape index (κ3) is 10.4. The number of halogens is 12. The monoisotopic (exact) mass is 1220 g/mol. The molecule has 18 heteroatoms. The lowest BCUT2D eigenvalue weighted by Crippen LogP contribution is -2.11. The third-order valence-corrected chi connectivity index (χ3v) is 15.9. The molecular formula is C72H40F12N6. The first-order valence-corrected chi connectivity index (χ1v) is 27.9. The molecule has 6 nitrogen and oxygen atoms in total. The van der Waals surface area contributed by atoms with Crippen molar-refractivity contribution in [3.63, 3.8) is 0 Å². The number of fused-ring (bicyclic) bond motifs is 6. The van der Waals surface area contributed by atoms with Gasteiger partial charge in [-0.2, -0.15) is 52.7 Å². The van der Waals surface area contributed by atoms with Gasteiger partial charge in [-0.15, -0.1) is 0 Å². The molecule has 0 aliphatic heterocycles. The number of pyridine rings is 1. The molecule has 4 aromatic heterocycles. The predicted octanol–water partition coefficient (Wildman–Crippen LogP) is 21.2. The van der Waals surface area contributed by atoms with E-state index in [-0.39, 0.29) is 34.4 Å². The lowest BCUT2D eigenvalue weighted by atomic mass is 9.93. The summed E-state index contributed by atoms with van der Waals surface area (Å²) in [6.45, 7) is 0. The summed E-state index contributed by atoms with van der Waals surface area (Å²) in [6.07, 6.45) is -18.7. The summed E-state index contributed by atoms with van der Waals surface area (Å²) in [7, 11) is 0. The molecule has 4 heterocycles. The van der Waals surface area contributed by atoms with Gasteiger partial charge in [0.05, 0.1) is 55.7 Å². The highest BCUT2D eigenvalue weighted by atomic mass is 19.4. The van der Waals surface area contributed by atoms with Crippen molar-refractivity contribution in [3.05, 3.63) is 265 Å². The molecule has 0 bridgehead atoms. The smallest absolute Gasteiger partial charge is 0.309 e. The number of nitrogens with zero attached hydrogens (tertiary/aromatic N) is 6. The Kier molecular flexibility index (Phi) is 13.6. The number of rotatable bonds is 9. The highest BCUT2D eigenvalue weighted by Gasteiger charge is 2.39. The Morgan fingerprint density at radius 3 is 1.17 bits per heavy atom. The Balaban J connectivity index is 1.04. The number of benzene rings is 10. The van der Waals surface area contributed by atoms with Crippen LogP contribution in [0.4, 0.5) is 52.7 Å². The minimum absolute atomic E-state index is 0.0928. The predicted molar refractivity (Wildman–Crippen MR) is 324 cm³/mol. The average Bonchev–Trinajstić information content (AvgIpc) is 1.55. The van der Waals surface area contributed by atoms with Crippen molar-refractivity contribution in [2.45, 2.75) is 24.7 Å². The highest BCUT2D eigenvalue weighted by molar-refractivity contribution is 6.12. The van der Waals surface area contributed by atoms with E-state index in [1.807, 2.05) is 155 Å². The van der Waals surface area contributed by atoms with Crippen LogP contribution in [0, 0.1) is 0 Å². The van der Waals surface area contributed by atoms with E-state index in [1.165, 1.54) is 12.1 Å². The van der Waals surface area contributed by atoms with Gasteiger partial charge in [0.2, 0.25) is 0 Å². The van der Waals surface area contributed by atoms with E-state index in [0.717, 1.165) is 0 Å². The number of para-hydroxylation sites is 2. The lowest BCUT2D eigenvalue weighted by molar-refractivity contribution is -0.144. The van der Waals surface area contributed by atoms with Crippen molar-refractivity contribution in [1.29, 1.82) is 0 Å². The number of alkyl halides is 12. The first kappa shape index (κ1) is 56.9. The van der Waals surface area contributed by atoms with Crippen molar-refractivity contribution in [3.8, 4) is 90.2 Å². The summed E-state index contributed by atoms with van der Waals surface area (Å²) in [6, 6.07) is 62.5. The van der Waals surface area contributed by atoms with Gasteiger partial charge in [0.25, 0.3) is 0 Å². The molecule has 0 saturated heterocycles. The van der Waals surface area contributed by atoms with Crippen LogP contribution in [-0.4, -0.2) is 29.1 Å². The molecule has 0 spiro atoms. The van der Waals surface area contributed by atoms with E-state index in [9.17, 15) is 52.7 Å². The van der Waals surface area contributed by atoms with Crippen LogP contribution in [0.5, 0.6) is 0 Å². The number of aromatic nitrogens is 6. The maximum atomic E-state index is 14.3. The molecule has 0 radical (unpaired) electrons. The van der Waals surface area contributed by atoms with Crippen LogP contribution in [0.15, 0.2) is 243 Å². The molecule has 0 aliphatic rings. The van der Waals surface area contributed by atoms with Crippen molar-refractivity contribution >= 4 is 43.6 Å². The van der Waals surface area contributed by atoms with Gasteiger partial charge in [0, 0.05) is 61.2 Å². The molecule has 0 amide bonds. The van der Waals surface area contributed by atoms with Crippen LogP contribution < -0.4 is 0 Å². The summed E-state index contributed by atoms with van der Waals surface area (Å²) < 4.78 is 175. The zero-order chi connectivity index (χ0) is 62.4. The summed E-state index contributed by atoms with van der Waals surface area (Å²) in [5, 5.41) is 2.28. The molecule has 0 fully saturated rings. The fourth-order valence-electron chi connectivity index (χ4n) is 11.7. The van der Waals surface area contributed by atoms with Gasteiger partial charge < -0.3 is 9.13 Å². The van der Waals surface area contributed by atoms with E-state index < -0.39 is 47.0 Å². The molecular weight excluding hydrogens is 1180 g/mol. The van der Waals surface area contributed by atoms with Crippen molar-refractivity contribution in [2.75, 3.05) is 0 Å². The van der Waals surface area contributed by atoms with Gasteiger partial charge in [0.15, 0.2) is 17.5 Å². The molecule has 0 unspecified atom stereocenters. The molecule has 14 aromatic rings. The minimum Gasteiger partial charge on any atom is -0.309 e. The van der Waals surface area contributed by atoms with Crippen LogP contribution in [-0.2, 0) is 24.7 Å². The van der Waals surface area contributed by atoms with Crippen molar-refractivity contribution in [1.82, 2.24) is 29.1 Å². The molecule has 90 heavy (non-hydrogen) atoms. The van der Waals surface area contributed by atoms with E-state index in [1.54, 1.807) is 48.7 Å². The standard InChI is InChI=1S/C72H40F12N6/c73-69(74,75)48-31-46(32-49(38-48)70(76,77)78)43-22-27-63-57(35-43)54-17-7-9-20-61(54)89(63)52-25-26-53(60-19-11-12-30-85-60)56(40-52)59-37-45(68-87-66(41-13-3-1-4-14-41)86-67(88-68)42-15-5-2-6-16-42)24-29-65(59)90-62-21-10-8-18-55(62)58-36-44(23-28-64(58)90)47-33-50(71(79,80)81)39-51(34-47)72(82,83)84/h1-40H. The number of hydrogen-bond donors (Lipinski definition) is 0. The Labute approximate surface area is 503 Å². The minimum atomic E-state index is -5.09. The molecule has 0 aliphatic carbocycles. The molecule has 0 atom stereocenters. The van der Waals surface area contributed by atoms with Crippen molar-refractivity contribution in [2.24, 2.45) is 0 Å². The normalized spacial score (nSPS) is 12.4. The molecule has 14 rings (SSSR count). The Morgan fingerprint density at radius 1 is 0.267 bits per heavy atom. The van der Waals surface area contributed by atoms with E-state index in [4.69, 9.17) is 19.9 Å². The highest BCUT2D eigenvalue weighted by Crippen LogP contribution is 2.47. The van der Waals surface area contributed by atoms with Crippen LogP contribution in [0.3, 0.4) is 0 Å². The Morgan fingerprint density at radius 2 is 0.689 bits per heavy atom. The van der Waals surface area contributed by atoms with Gasteiger partial charge in [-0.1, -0.05) is 121 Å². The zero-order valence-electron chi connectivity index (χ0n) is 46.3. The number of hydrogen-bond acceptors (Lipinski definition) is 4. The summed E-state index contributed by atoms with van der Waals surface area (Å²) in [5.74, 6) is 1.05. The topological polar surface area (TPSA) is 61.4 Å². The molecule has 442 valence electrons. The third-order valence-electron chi connectivity index (χ3n) is 15.9. The maximum Gasteiger partial charge on any atom is 0.416 e. The zero-order valence-corrected chi connectivity index (χ0v) is 46.3. The quantitative estimate of drug-likeness (QED) is 0.135. The first-order chi connectivity index (χ1) is 43.1. The van der Waals surface area contributed by atoms with Crippen LogP contribution in [0.25, 0.3) is 134 Å². The van der Waals surface area contributed by atoms with Crippen molar-refractivity contribution < 1.29 is 52.7 Å². The van der Waals surface area contributed by atoms with Crippen LogP contribution in [0.1, 0.15) is 22.3 Å². The molecule has 0 saturated carbocycles. The first-order valence-electron chi connectivity index (χ1n) is 27.9. The second kappa shape index (κ2) is 21.5. The second-order valence-corrected chi connectivity index (χ2v) is 21.5. The Bertz CT molecular complexity index is 5000. The largest absolute Gasteiger partial charge is 0.416 e. The van der Waals surface area contributed by atoms with E-state index >= 15 is 0 Å². The molecule has 0 N–H and O–H groups in total. The summed E-state index contributed by atoms with van der Waals surface area (Å²) in [4.78, 5) is 19.9. The van der Waals surface area contributed by atoms with Gasteiger partial charge >= 0.3 is 24.7 Å².